The van der Waals surface area contributed by atoms with Gasteiger partial charge in [-0.3, -0.25) is 0 Å². The lowest BCUT2D eigenvalue weighted by Crippen LogP contribution is -2.36. The average Bonchev–Trinajstić information content (AvgIpc) is 3.38. The standard InChI is InChI=1S/C14H17NO6.C10H17NO6.C2H2.CH5N/c1-15-14(17)20-9-12(16)21-11-7-18-13(19-8-11)10-5-3-2-4-6-10;1-10(2)16-5-7(17-10)4-14-8(12)6-15-9(13)11-3;2*1-2/h2-6,11,13H,7-9H2,1H3,(H,15,17);7H,4-6H2,1-3H3,(H,11,13);1-2H;2H2,1H3. The number of nitrogens with two attached hydrogens (primary N) is 1. The van der Waals surface area contributed by atoms with E-state index in [0.717, 1.165) is 5.56 Å². The molecule has 236 valence electrons. The minimum Gasteiger partial charge on any atom is -0.460 e. The van der Waals surface area contributed by atoms with Gasteiger partial charge in [-0.25, -0.2) is 19.2 Å². The summed E-state index contributed by atoms with van der Waals surface area (Å²) >= 11 is 0. The zero-order chi connectivity index (χ0) is 32.0. The molecule has 15 heteroatoms. The Kier molecular flexibility index (Phi) is 19.7. The van der Waals surface area contributed by atoms with Gasteiger partial charge in [-0.2, -0.15) is 0 Å². The van der Waals surface area contributed by atoms with E-state index in [2.05, 4.69) is 38.7 Å². The minimum absolute atomic E-state index is 0.0827. The molecule has 2 fully saturated rings. The van der Waals surface area contributed by atoms with Crippen LogP contribution in [0.2, 0.25) is 0 Å². The second-order valence-corrected chi connectivity index (χ2v) is 8.31. The lowest BCUT2D eigenvalue weighted by molar-refractivity contribution is -0.230. The van der Waals surface area contributed by atoms with Crippen molar-refractivity contribution in [2.45, 2.75) is 38.1 Å². The molecule has 1 atom stereocenters. The summed E-state index contributed by atoms with van der Waals surface area (Å²) in [4.78, 5) is 44.1. The molecular weight excluding hydrogens is 558 g/mol. The Labute approximate surface area is 245 Å². The Morgan fingerprint density at radius 3 is 1.88 bits per heavy atom. The summed E-state index contributed by atoms with van der Waals surface area (Å²) in [6.07, 6.45) is 5.39. The van der Waals surface area contributed by atoms with Crippen LogP contribution in [0.3, 0.4) is 0 Å². The van der Waals surface area contributed by atoms with Gasteiger partial charge in [0.05, 0.1) is 19.8 Å². The molecule has 0 spiro atoms. The number of carbonyl (C=O) groups is 4. The van der Waals surface area contributed by atoms with Gasteiger partial charge in [0.25, 0.3) is 0 Å². The monoisotopic (exact) mass is 599 g/mol. The Hall–Kier alpha value is -3.94. The van der Waals surface area contributed by atoms with Crippen molar-refractivity contribution >= 4 is 24.1 Å². The van der Waals surface area contributed by atoms with Crippen LogP contribution >= 0.6 is 0 Å². The van der Waals surface area contributed by atoms with Crippen LogP contribution in [-0.4, -0.2) is 103 Å². The van der Waals surface area contributed by atoms with Gasteiger partial charge in [-0.15, -0.1) is 12.8 Å². The maximum absolute atomic E-state index is 11.4. The van der Waals surface area contributed by atoms with Gasteiger partial charge in [0.15, 0.2) is 25.3 Å². The lowest BCUT2D eigenvalue weighted by atomic mass is 10.2. The first-order chi connectivity index (χ1) is 20.1. The number of nitrogens with one attached hydrogen (secondary N) is 2. The predicted octanol–water partition coefficient (Wildman–Crippen LogP) is 0.861. The van der Waals surface area contributed by atoms with Gasteiger partial charge < -0.3 is 54.3 Å². The molecule has 4 N–H and O–H groups in total. The first kappa shape index (κ1) is 38.1. The van der Waals surface area contributed by atoms with Crippen molar-refractivity contribution in [2.75, 3.05) is 60.8 Å². The van der Waals surface area contributed by atoms with Gasteiger partial charge in [0, 0.05) is 19.7 Å². The fraction of sp³-hybridized carbons (Fsp3) is 0.556. The van der Waals surface area contributed by atoms with Crippen molar-refractivity contribution in [1.82, 2.24) is 10.6 Å². The average molecular weight is 600 g/mol. The zero-order valence-electron chi connectivity index (χ0n) is 24.5. The summed E-state index contributed by atoms with van der Waals surface area (Å²) in [5.74, 6) is -1.91. The van der Waals surface area contributed by atoms with Crippen molar-refractivity contribution in [1.29, 1.82) is 0 Å². The Morgan fingerprint density at radius 2 is 1.40 bits per heavy atom. The van der Waals surface area contributed by atoms with E-state index in [1.54, 1.807) is 13.8 Å². The topological polar surface area (TPSA) is 192 Å². The summed E-state index contributed by atoms with van der Waals surface area (Å²) in [7, 11) is 4.31. The van der Waals surface area contributed by atoms with Gasteiger partial charge in [0.2, 0.25) is 0 Å². The normalized spacial score (nSPS) is 19.8. The number of ether oxygens (including phenoxy) is 8. The number of hydrogen-bond donors (Lipinski definition) is 3. The van der Waals surface area contributed by atoms with Crippen molar-refractivity contribution in [3.63, 3.8) is 0 Å². The largest absolute Gasteiger partial charge is 0.460 e. The highest BCUT2D eigenvalue weighted by molar-refractivity contribution is 5.76. The molecule has 15 nitrogen and oxygen atoms in total. The maximum Gasteiger partial charge on any atom is 0.407 e. The maximum atomic E-state index is 11.4. The molecule has 0 aromatic heterocycles. The molecule has 2 heterocycles. The smallest absolute Gasteiger partial charge is 0.407 e. The number of alkyl carbamates (subject to hydrolysis) is 2. The molecule has 3 rings (SSSR count). The molecule has 2 aliphatic rings. The zero-order valence-corrected chi connectivity index (χ0v) is 24.5. The van der Waals surface area contributed by atoms with E-state index in [4.69, 9.17) is 28.4 Å². The summed E-state index contributed by atoms with van der Waals surface area (Å²) in [6.45, 7) is 3.61. The van der Waals surface area contributed by atoms with Gasteiger partial charge in [-0.05, 0) is 20.9 Å². The Balaban J connectivity index is 0.000000729. The molecule has 0 radical (unpaired) electrons. The van der Waals surface area contributed by atoms with Crippen molar-refractivity contribution in [3.05, 3.63) is 35.9 Å². The fourth-order valence-corrected chi connectivity index (χ4v) is 3.04. The SMILES string of the molecule is C#C.CN.CNC(=O)OCC(=O)OC1COC(c2ccccc2)OC1.CNC(=O)OCC(=O)OCC1COC(C)(C)O1. The molecular formula is C27H41N3O12. The minimum atomic E-state index is -0.688. The number of benzene rings is 1. The number of esters is 2. The van der Waals surface area contributed by atoms with E-state index in [-0.39, 0.29) is 25.9 Å². The highest BCUT2D eigenvalue weighted by Crippen LogP contribution is 2.24. The third-order valence-electron chi connectivity index (χ3n) is 4.78. The van der Waals surface area contributed by atoms with E-state index < -0.39 is 55.5 Å². The summed E-state index contributed by atoms with van der Waals surface area (Å²) in [5, 5.41) is 4.44. The van der Waals surface area contributed by atoms with Crippen LogP contribution in [0, 0.1) is 12.8 Å². The number of carbonyl (C=O) groups excluding carboxylic acids is 4. The van der Waals surface area contributed by atoms with Crippen LogP contribution in [0.4, 0.5) is 9.59 Å². The second kappa shape index (κ2) is 21.8. The molecule has 2 saturated heterocycles. The van der Waals surface area contributed by atoms with Crippen LogP contribution in [0.5, 0.6) is 0 Å². The van der Waals surface area contributed by atoms with Crippen molar-refractivity contribution < 1.29 is 57.1 Å². The third kappa shape index (κ3) is 16.4. The highest BCUT2D eigenvalue weighted by atomic mass is 16.8. The van der Waals surface area contributed by atoms with E-state index in [1.807, 2.05) is 30.3 Å². The highest BCUT2D eigenvalue weighted by Gasteiger charge is 2.33. The molecule has 0 bridgehead atoms. The van der Waals surface area contributed by atoms with E-state index in [0.29, 0.717) is 6.61 Å². The number of hydrogen-bond acceptors (Lipinski definition) is 13. The quantitative estimate of drug-likeness (QED) is 0.217. The van der Waals surface area contributed by atoms with E-state index in [1.165, 1.54) is 21.1 Å². The molecule has 2 amide bonds. The molecule has 42 heavy (non-hydrogen) atoms. The van der Waals surface area contributed by atoms with Crippen LogP contribution in [0.15, 0.2) is 30.3 Å². The van der Waals surface area contributed by atoms with Gasteiger partial charge in [-0.1, -0.05) is 30.3 Å². The Morgan fingerprint density at radius 1 is 0.881 bits per heavy atom. The van der Waals surface area contributed by atoms with Crippen LogP contribution in [0.1, 0.15) is 25.7 Å². The summed E-state index contributed by atoms with van der Waals surface area (Å²) < 4.78 is 40.8. The third-order valence-corrected chi connectivity index (χ3v) is 4.78. The predicted molar refractivity (Wildman–Crippen MR) is 148 cm³/mol. The first-order valence-electron chi connectivity index (χ1n) is 12.7. The van der Waals surface area contributed by atoms with Gasteiger partial charge >= 0.3 is 24.1 Å². The number of rotatable bonds is 8. The van der Waals surface area contributed by atoms with E-state index >= 15 is 0 Å². The van der Waals surface area contributed by atoms with Crippen LogP contribution in [-0.2, 0) is 47.5 Å². The molecule has 2 aliphatic heterocycles. The van der Waals surface area contributed by atoms with Gasteiger partial charge in [0.1, 0.15) is 18.8 Å². The van der Waals surface area contributed by atoms with Crippen LogP contribution in [0.25, 0.3) is 0 Å². The molecule has 0 aliphatic carbocycles. The lowest BCUT2D eigenvalue weighted by Gasteiger charge is -2.29. The molecule has 1 aromatic rings. The second-order valence-electron chi connectivity index (χ2n) is 8.31. The summed E-state index contributed by atoms with van der Waals surface area (Å²) in [6, 6.07) is 9.49. The summed E-state index contributed by atoms with van der Waals surface area (Å²) in [5.41, 5.74) is 5.41. The molecule has 0 saturated carbocycles. The Bertz CT molecular complexity index is 950. The number of terminal acetylenes is 1. The van der Waals surface area contributed by atoms with Crippen LogP contribution < -0.4 is 16.4 Å². The molecule has 1 aromatic carbocycles. The fourth-order valence-electron chi connectivity index (χ4n) is 3.04. The van der Waals surface area contributed by atoms with Crippen molar-refractivity contribution in [3.8, 4) is 12.8 Å². The number of amides is 2. The van der Waals surface area contributed by atoms with Crippen molar-refractivity contribution in [2.24, 2.45) is 5.73 Å². The van der Waals surface area contributed by atoms with E-state index in [9.17, 15) is 19.2 Å². The molecule has 1 unspecified atom stereocenters. The first-order valence-corrected chi connectivity index (χ1v) is 12.7.